The molecule has 0 unspecified atom stereocenters. The Kier molecular flexibility index (Phi) is 5.86. The van der Waals surface area contributed by atoms with E-state index < -0.39 is 29.4 Å². The van der Waals surface area contributed by atoms with Gasteiger partial charge in [0.15, 0.2) is 0 Å². The largest absolute Gasteiger partial charge is 0.496 e. The Morgan fingerprint density at radius 2 is 1.94 bits per heavy atom. The first-order valence-corrected chi connectivity index (χ1v) is 10.6. The molecule has 1 aliphatic heterocycles. The number of aromatic carboxylic acids is 1. The van der Waals surface area contributed by atoms with Gasteiger partial charge in [-0.05, 0) is 41.6 Å². The van der Waals surface area contributed by atoms with Gasteiger partial charge in [0, 0.05) is 6.07 Å². The second kappa shape index (κ2) is 8.62. The zero-order valence-electron chi connectivity index (χ0n) is 17.5. The summed E-state index contributed by atoms with van der Waals surface area (Å²) >= 11 is 0.832. The normalized spacial score (nSPS) is 13.2. The fourth-order valence-electron chi connectivity index (χ4n) is 3.62. The molecule has 7 nitrogen and oxygen atoms in total. The predicted molar refractivity (Wildman–Crippen MR) is 115 cm³/mol. The number of methoxy groups -OCH3 is 1. The van der Waals surface area contributed by atoms with E-state index in [9.17, 15) is 28.3 Å². The Labute approximate surface area is 190 Å². The highest BCUT2D eigenvalue weighted by Crippen LogP contribution is 2.36. The Morgan fingerprint density at radius 3 is 2.64 bits per heavy atom. The van der Waals surface area contributed by atoms with Gasteiger partial charge in [0.1, 0.15) is 34.6 Å². The van der Waals surface area contributed by atoms with Crippen LogP contribution in [0.15, 0.2) is 35.7 Å². The summed E-state index contributed by atoms with van der Waals surface area (Å²) in [5.74, 6) is -3.97. The van der Waals surface area contributed by atoms with Crippen LogP contribution in [0, 0.1) is 18.6 Å². The van der Waals surface area contributed by atoms with Gasteiger partial charge in [-0.3, -0.25) is 9.59 Å². The molecule has 0 bridgehead atoms. The van der Waals surface area contributed by atoms with Gasteiger partial charge in [-0.25, -0.2) is 18.5 Å². The van der Waals surface area contributed by atoms with E-state index in [0.29, 0.717) is 16.0 Å². The first kappa shape index (κ1) is 22.4. The van der Waals surface area contributed by atoms with Crippen molar-refractivity contribution in [2.75, 3.05) is 12.0 Å². The molecule has 0 saturated carbocycles. The molecule has 0 spiro atoms. The van der Waals surface area contributed by atoms with Crippen LogP contribution >= 0.6 is 11.3 Å². The number of benzene rings is 2. The maximum atomic E-state index is 14.9. The number of carbonyl (C=O) groups excluding carboxylic acids is 2. The number of halogens is 2. The highest BCUT2D eigenvalue weighted by molar-refractivity contribution is 7.12. The molecular weight excluding hydrogens is 456 g/mol. The summed E-state index contributed by atoms with van der Waals surface area (Å²) in [5.41, 5.74) is 0.277. The third-order valence-electron chi connectivity index (χ3n) is 5.22. The van der Waals surface area contributed by atoms with Crippen molar-refractivity contribution in [3.05, 3.63) is 74.5 Å². The molecule has 33 heavy (non-hydrogen) atoms. The highest BCUT2D eigenvalue weighted by atomic mass is 32.1. The zero-order valence-corrected chi connectivity index (χ0v) is 18.3. The molecule has 1 aromatic heterocycles. The Balaban J connectivity index is 1.70. The number of fused-ring (bicyclic) bond motifs is 1. The minimum Gasteiger partial charge on any atom is -0.496 e. The van der Waals surface area contributed by atoms with E-state index in [0.717, 1.165) is 17.4 Å². The molecule has 1 aliphatic rings. The van der Waals surface area contributed by atoms with Crippen molar-refractivity contribution >= 4 is 34.8 Å². The summed E-state index contributed by atoms with van der Waals surface area (Å²) in [6.45, 7) is 1.31. The molecule has 10 heteroatoms. The summed E-state index contributed by atoms with van der Waals surface area (Å²) in [7, 11) is 1.39. The Morgan fingerprint density at radius 1 is 1.18 bits per heavy atom. The van der Waals surface area contributed by atoms with E-state index in [1.807, 2.05) is 0 Å². The number of nitrogens with zero attached hydrogens (tertiary/aromatic N) is 1. The van der Waals surface area contributed by atoms with Crippen molar-refractivity contribution in [1.82, 2.24) is 0 Å². The Hall–Kier alpha value is -3.79. The lowest BCUT2D eigenvalue weighted by atomic mass is 10.00. The second-order valence-corrected chi connectivity index (χ2v) is 8.14. The summed E-state index contributed by atoms with van der Waals surface area (Å²) in [6, 6.07) is 6.55. The third-order valence-corrected chi connectivity index (χ3v) is 6.24. The highest BCUT2D eigenvalue weighted by Gasteiger charge is 2.38. The van der Waals surface area contributed by atoms with Gasteiger partial charge >= 0.3 is 5.97 Å². The van der Waals surface area contributed by atoms with Gasteiger partial charge in [-0.15, -0.1) is 11.3 Å². The van der Waals surface area contributed by atoms with Crippen LogP contribution in [0.4, 0.5) is 14.5 Å². The number of carboxylic acids is 1. The molecule has 0 saturated heterocycles. The molecule has 4 rings (SSSR count). The van der Waals surface area contributed by atoms with Crippen molar-refractivity contribution in [1.29, 1.82) is 0 Å². The topological polar surface area (TPSA) is 93.1 Å². The van der Waals surface area contributed by atoms with Crippen LogP contribution in [0.2, 0.25) is 0 Å². The maximum Gasteiger partial charge on any atom is 0.346 e. The Bertz CT molecular complexity index is 1300. The minimum atomic E-state index is -1.31. The smallest absolute Gasteiger partial charge is 0.346 e. The number of anilines is 1. The predicted octanol–water partition coefficient (Wildman–Crippen LogP) is 4.35. The molecule has 1 N–H and O–H groups in total. The van der Waals surface area contributed by atoms with E-state index in [4.69, 9.17) is 9.47 Å². The van der Waals surface area contributed by atoms with Crippen LogP contribution in [0.1, 0.15) is 36.7 Å². The molecule has 0 fully saturated rings. The number of hydrogen-bond donors (Lipinski definition) is 1. The SMILES string of the molecule is COc1cccc(F)c1COc1cc(N2C(=O)Cc3csc(C(=O)O)c3C2=O)c(F)cc1C. The molecule has 0 radical (unpaired) electrons. The van der Waals surface area contributed by atoms with Crippen molar-refractivity contribution in [2.24, 2.45) is 0 Å². The minimum absolute atomic E-state index is 0.117. The number of aryl methyl sites for hydroxylation is 1. The van der Waals surface area contributed by atoms with Gasteiger partial charge in [-0.1, -0.05) is 6.07 Å². The first-order valence-electron chi connectivity index (χ1n) is 9.68. The van der Waals surface area contributed by atoms with E-state index in [2.05, 4.69) is 0 Å². The van der Waals surface area contributed by atoms with Crippen molar-refractivity contribution in [3.63, 3.8) is 0 Å². The number of rotatable bonds is 6. The average Bonchev–Trinajstić information content (AvgIpc) is 3.19. The van der Waals surface area contributed by atoms with Crippen molar-refractivity contribution in [2.45, 2.75) is 20.0 Å². The number of carbonyl (C=O) groups is 3. The quantitative estimate of drug-likeness (QED) is 0.535. The van der Waals surface area contributed by atoms with E-state index in [-0.39, 0.29) is 46.2 Å². The van der Waals surface area contributed by atoms with Gasteiger partial charge in [-0.2, -0.15) is 0 Å². The summed E-state index contributed by atoms with van der Waals surface area (Å²) in [5, 5.41) is 10.8. The summed E-state index contributed by atoms with van der Waals surface area (Å²) in [4.78, 5) is 37.6. The molecule has 3 aromatic rings. The number of ether oxygens (including phenoxy) is 2. The van der Waals surface area contributed by atoms with Crippen molar-refractivity contribution < 1.29 is 37.7 Å². The summed E-state index contributed by atoms with van der Waals surface area (Å²) in [6.07, 6.45) is -0.249. The number of hydrogen-bond acceptors (Lipinski definition) is 6. The lowest BCUT2D eigenvalue weighted by molar-refractivity contribution is -0.117. The molecule has 2 heterocycles. The number of thiophene rings is 1. The molecule has 0 atom stereocenters. The molecule has 170 valence electrons. The lowest BCUT2D eigenvalue weighted by Crippen LogP contribution is -2.43. The van der Waals surface area contributed by atoms with E-state index in [1.165, 1.54) is 30.7 Å². The summed E-state index contributed by atoms with van der Waals surface area (Å²) < 4.78 is 39.9. The van der Waals surface area contributed by atoms with Crippen LogP contribution in [0.5, 0.6) is 11.5 Å². The van der Waals surface area contributed by atoms with Crippen LogP contribution in [0.25, 0.3) is 0 Å². The van der Waals surface area contributed by atoms with E-state index >= 15 is 0 Å². The van der Waals surface area contributed by atoms with Crippen LogP contribution in [-0.2, 0) is 17.8 Å². The molecule has 2 amide bonds. The van der Waals surface area contributed by atoms with Gasteiger partial charge < -0.3 is 14.6 Å². The number of carboxylic acid groups (broad SMARTS) is 1. The first-order chi connectivity index (χ1) is 15.7. The number of amides is 2. The van der Waals surface area contributed by atoms with E-state index in [1.54, 1.807) is 13.0 Å². The molecular formula is C23H17F2NO6S. The van der Waals surface area contributed by atoms with Crippen LogP contribution in [0.3, 0.4) is 0 Å². The number of imide groups is 1. The third kappa shape index (κ3) is 3.93. The van der Waals surface area contributed by atoms with Gasteiger partial charge in [0.2, 0.25) is 5.91 Å². The second-order valence-electron chi connectivity index (χ2n) is 7.26. The fourth-order valence-corrected chi connectivity index (χ4v) is 4.51. The lowest BCUT2D eigenvalue weighted by Gasteiger charge is -2.26. The standard InChI is InChI=1S/C23H17F2NO6S/c1-11-6-15(25)16(8-18(11)32-9-13-14(24)4-3-5-17(13)31-2)26-19(27)7-12-10-33-21(23(29)30)20(12)22(26)28/h3-6,8,10H,7,9H2,1-2H3,(H,29,30). The van der Waals surface area contributed by atoms with Gasteiger partial charge in [0.05, 0.1) is 30.3 Å². The van der Waals surface area contributed by atoms with Crippen LogP contribution < -0.4 is 14.4 Å². The molecule has 0 aliphatic carbocycles. The molecule has 2 aromatic carbocycles. The van der Waals surface area contributed by atoms with Crippen LogP contribution in [-0.4, -0.2) is 30.0 Å². The fraction of sp³-hybridized carbons (Fsp3) is 0.174. The maximum absolute atomic E-state index is 14.9. The zero-order chi connectivity index (χ0) is 23.9. The average molecular weight is 473 g/mol. The van der Waals surface area contributed by atoms with Gasteiger partial charge in [0.25, 0.3) is 5.91 Å². The van der Waals surface area contributed by atoms with Crippen molar-refractivity contribution in [3.8, 4) is 11.5 Å². The monoisotopic (exact) mass is 473 g/mol.